The van der Waals surface area contributed by atoms with Gasteiger partial charge in [-0.2, -0.15) is 5.10 Å². The molecule has 1 heterocycles. The van der Waals surface area contributed by atoms with Gasteiger partial charge in [-0.25, -0.2) is 0 Å². The molecule has 0 saturated carbocycles. The van der Waals surface area contributed by atoms with E-state index in [-0.39, 0.29) is 0 Å². The molecule has 1 aliphatic heterocycles. The van der Waals surface area contributed by atoms with Crippen LogP contribution in [0.25, 0.3) is 0 Å². The molecule has 1 saturated heterocycles. The van der Waals surface area contributed by atoms with E-state index < -0.39 is 0 Å². The lowest BCUT2D eigenvalue weighted by Gasteiger charge is -2.34. The highest BCUT2D eigenvalue weighted by Crippen LogP contribution is 2.17. The second-order valence-electron chi connectivity index (χ2n) is 5.79. The number of rotatable bonds is 4. The molecule has 0 bridgehead atoms. The topological polar surface area (TPSA) is 28.1 Å². The first kappa shape index (κ1) is 15.4. The molecular formula is C19H23N3O. The van der Waals surface area contributed by atoms with Crippen molar-refractivity contribution in [3.63, 3.8) is 0 Å². The minimum Gasteiger partial charge on any atom is -0.497 e. The van der Waals surface area contributed by atoms with Gasteiger partial charge in [0.05, 0.1) is 26.4 Å². The van der Waals surface area contributed by atoms with Crippen molar-refractivity contribution < 1.29 is 4.74 Å². The molecule has 0 radical (unpaired) electrons. The number of benzene rings is 2. The van der Waals surface area contributed by atoms with Crippen molar-refractivity contribution in [2.45, 2.75) is 6.92 Å². The summed E-state index contributed by atoms with van der Waals surface area (Å²) in [7, 11) is 1.68. The third-order valence-corrected chi connectivity index (χ3v) is 4.14. The average Bonchev–Trinajstić information content (AvgIpc) is 2.61. The van der Waals surface area contributed by atoms with Gasteiger partial charge in [0.15, 0.2) is 0 Å². The van der Waals surface area contributed by atoms with Crippen LogP contribution in [0.15, 0.2) is 53.6 Å². The second-order valence-corrected chi connectivity index (χ2v) is 5.79. The van der Waals surface area contributed by atoms with Gasteiger partial charge >= 0.3 is 0 Å². The van der Waals surface area contributed by atoms with Crippen molar-refractivity contribution in [2.75, 3.05) is 38.2 Å². The number of nitrogens with zero attached hydrogens (tertiary/aromatic N) is 3. The number of anilines is 1. The van der Waals surface area contributed by atoms with E-state index in [0.717, 1.165) is 37.5 Å². The van der Waals surface area contributed by atoms with Crippen molar-refractivity contribution in [2.24, 2.45) is 5.10 Å². The quantitative estimate of drug-likeness (QED) is 0.812. The normalized spacial score (nSPS) is 15.2. The lowest BCUT2D eigenvalue weighted by Crippen LogP contribution is -2.44. The molecule has 4 heteroatoms. The van der Waals surface area contributed by atoms with E-state index in [2.05, 4.69) is 46.2 Å². The van der Waals surface area contributed by atoms with Crippen molar-refractivity contribution in [1.82, 2.24) is 5.01 Å². The molecule has 0 aliphatic carbocycles. The molecule has 0 unspecified atom stereocenters. The van der Waals surface area contributed by atoms with E-state index in [1.807, 2.05) is 30.5 Å². The van der Waals surface area contributed by atoms with Crippen LogP contribution < -0.4 is 9.64 Å². The number of hydrazone groups is 1. The van der Waals surface area contributed by atoms with Gasteiger partial charge in [-0.1, -0.05) is 17.7 Å². The van der Waals surface area contributed by atoms with Crippen LogP contribution >= 0.6 is 0 Å². The van der Waals surface area contributed by atoms with Gasteiger partial charge in [0.2, 0.25) is 0 Å². The minimum atomic E-state index is 0.869. The van der Waals surface area contributed by atoms with Crippen LogP contribution in [-0.4, -0.2) is 44.5 Å². The number of piperazine rings is 1. The number of methoxy groups -OCH3 is 1. The van der Waals surface area contributed by atoms with Gasteiger partial charge < -0.3 is 9.64 Å². The zero-order valence-electron chi connectivity index (χ0n) is 13.8. The predicted molar refractivity (Wildman–Crippen MR) is 95.6 cm³/mol. The molecule has 0 N–H and O–H groups in total. The Hall–Kier alpha value is -2.49. The predicted octanol–water partition coefficient (Wildman–Crippen LogP) is 3.16. The van der Waals surface area contributed by atoms with Crippen molar-refractivity contribution in [1.29, 1.82) is 0 Å². The zero-order valence-corrected chi connectivity index (χ0v) is 13.8. The summed E-state index contributed by atoms with van der Waals surface area (Å²) in [6.07, 6.45) is 1.92. The van der Waals surface area contributed by atoms with E-state index in [0.29, 0.717) is 0 Å². The van der Waals surface area contributed by atoms with Gasteiger partial charge in [0.25, 0.3) is 0 Å². The Morgan fingerprint density at radius 2 is 1.57 bits per heavy atom. The maximum Gasteiger partial charge on any atom is 0.118 e. The molecule has 0 aromatic heterocycles. The SMILES string of the molecule is COc1ccc(/C=N/N2CCN(c3ccc(C)cc3)CC2)cc1. The first-order valence-corrected chi connectivity index (χ1v) is 7.99. The molecule has 1 aliphatic rings. The lowest BCUT2D eigenvalue weighted by atomic mass is 10.2. The molecular weight excluding hydrogens is 286 g/mol. The summed E-state index contributed by atoms with van der Waals surface area (Å²) in [6.45, 7) is 6.02. The number of aryl methyl sites for hydroxylation is 1. The summed E-state index contributed by atoms with van der Waals surface area (Å²) >= 11 is 0. The number of ether oxygens (including phenoxy) is 1. The van der Waals surface area contributed by atoms with Crippen LogP contribution in [0.1, 0.15) is 11.1 Å². The van der Waals surface area contributed by atoms with Crippen LogP contribution in [0.5, 0.6) is 5.75 Å². The van der Waals surface area contributed by atoms with E-state index in [1.165, 1.54) is 11.3 Å². The fourth-order valence-electron chi connectivity index (χ4n) is 2.66. The summed E-state index contributed by atoms with van der Waals surface area (Å²) in [5.41, 5.74) is 3.69. The standard InChI is InChI=1S/C19H23N3O/c1-16-3-7-18(8-4-16)21-11-13-22(14-12-21)20-15-17-5-9-19(23-2)10-6-17/h3-10,15H,11-14H2,1-2H3/b20-15+. The third-order valence-electron chi connectivity index (χ3n) is 4.14. The highest BCUT2D eigenvalue weighted by atomic mass is 16.5. The van der Waals surface area contributed by atoms with Gasteiger partial charge in [0, 0.05) is 18.8 Å². The smallest absolute Gasteiger partial charge is 0.118 e. The molecule has 120 valence electrons. The van der Waals surface area contributed by atoms with E-state index >= 15 is 0 Å². The number of hydrogen-bond acceptors (Lipinski definition) is 4. The van der Waals surface area contributed by atoms with E-state index in [1.54, 1.807) is 7.11 Å². The fraction of sp³-hybridized carbons (Fsp3) is 0.316. The third kappa shape index (κ3) is 4.03. The van der Waals surface area contributed by atoms with Crippen molar-refractivity contribution in [3.05, 3.63) is 59.7 Å². The summed E-state index contributed by atoms with van der Waals surface area (Å²) in [6, 6.07) is 16.7. The Morgan fingerprint density at radius 3 is 2.17 bits per heavy atom. The molecule has 3 rings (SSSR count). The van der Waals surface area contributed by atoms with Gasteiger partial charge in [-0.3, -0.25) is 5.01 Å². The molecule has 0 spiro atoms. The Labute approximate surface area is 138 Å². The Bertz CT molecular complexity index is 641. The highest BCUT2D eigenvalue weighted by molar-refractivity contribution is 5.79. The van der Waals surface area contributed by atoms with Crippen LogP contribution in [0.2, 0.25) is 0 Å². The maximum absolute atomic E-state index is 5.16. The molecule has 23 heavy (non-hydrogen) atoms. The van der Waals surface area contributed by atoms with E-state index in [4.69, 9.17) is 4.74 Å². The van der Waals surface area contributed by atoms with Crippen LogP contribution in [0.3, 0.4) is 0 Å². The summed E-state index contributed by atoms with van der Waals surface area (Å²) in [5, 5.41) is 6.73. The first-order valence-electron chi connectivity index (χ1n) is 7.99. The van der Waals surface area contributed by atoms with Crippen LogP contribution in [-0.2, 0) is 0 Å². The molecule has 0 amide bonds. The van der Waals surface area contributed by atoms with Gasteiger partial charge in [-0.05, 0) is 48.9 Å². The van der Waals surface area contributed by atoms with Gasteiger partial charge in [-0.15, -0.1) is 0 Å². The fourth-order valence-corrected chi connectivity index (χ4v) is 2.66. The van der Waals surface area contributed by atoms with Crippen molar-refractivity contribution in [3.8, 4) is 5.75 Å². The average molecular weight is 309 g/mol. The molecule has 4 nitrogen and oxygen atoms in total. The monoisotopic (exact) mass is 309 g/mol. The molecule has 0 atom stereocenters. The Balaban J connectivity index is 1.54. The van der Waals surface area contributed by atoms with Crippen LogP contribution in [0.4, 0.5) is 5.69 Å². The lowest BCUT2D eigenvalue weighted by molar-refractivity contribution is 0.272. The summed E-state index contributed by atoms with van der Waals surface area (Å²) < 4.78 is 5.16. The summed E-state index contributed by atoms with van der Waals surface area (Å²) in [5.74, 6) is 0.869. The van der Waals surface area contributed by atoms with Crippen molar-refractivity contribution >= 4 is 11.9 Å². The molecule has 2 aromatic carbocycles. The summed E-state index contributed by atoms with van der Waals surface area (Å²) in [4.78, 5) is 2.42. The molecule has 1 fully saturated rings. The molecule has 2 aromatic rings. The second kappa shape index (κ2) is 7.18. The highest BCUT2D eigenvalue weighted by Gasteiger charge is 2.15. The van der Waals surface area contributed by atoms with E-state index in [9.17, 15) is 0 Å². The number of hydrogen-bond donors (Lipinski definition) is 0. The van der Waals surface area contributed by atoms with Crippen LogP contribution in [0, 0.1) is 6.92 Å². The largest absolute Gasteiger partial charge is 0.497 e. The first-order chi connectivity index (χ1) is 11.2. The minimum absolute atomic E-state index is 0.869. The Kier molecular flexibility index (Phi) is 4.81. The van der Waals surface area contributed by atoms with Gasteiger partial charge in [0.1, 0.15) is 5.75 Å². The maximum atomic E-state index is 5.16. The Morgan fingerprint density at radius 1 is 0.913 bits per heavy atom. The zero-order chi connectivity index (χ0) is 16.1.